The van der Waals surface area contributed by atoms with E-state index in [0.717, 1.165) is 0 Å². The summed E-state index contributed by atoms with van der Waals surface area (Å²) in [6, 6.07) is 8.78. The van der Waals surface area contributed by atoms with Crippen molar-refractivity contribution >= 4 is 23.5 Å². The van der Waals surface area contributed by atoms with E-state index in [2.05, 4.69) is 10.1 Å². The van der Waals surface area contributed by atoms with E-state index in [4.69, 9.17) is 4.42 Å². The Morgan fingerprint density at radius 1 is 1.24 bits per heavy atom. The van der Waals surface area contributed by atoms with E-state index < -0.39 is 30.3 Å². The molecule has 0 aliphatic rings. The van der Waals surface area contributed by atoms with Crippen LogP contribution in [-0.4, -0.2) is 31.0 Å². The maximum absolute atomic E-state index is 12.5. The summed E-state index contributed by atoms with van der Waals surface area (Å²) in [5, 5.41) is 15.0. The summed E-state index contributed by atoms with van der Waals surface area (Å²) >= 11 is 0. The SMILES string of the molecule is COC(=O)c1ccccc1NC(=O)[C@H](CC(=O)[O-])[NH2+]Cc1ccco1. The number of rotatable bonds is 8. The van der Waals surface area contributed by atoms with Crippen LogP contribution in [-0.2, 0) is 20.9 Å². The lowest BCUT2D eigenvalue weighted by atomic mass is 10.1. The lowest BCUT2D eigenvalue weighted by Crippen LogP contribution is -2.91. The van der Waals surface area contributed by atoms with Gasteiger partial charge in [-0.25, -0.2) is 4.79 Å². The molecule has 3 N–H and O–H groups in total. The molecular formula is C17H18N2O6. The third kappa shape index (κ3) is 5.18. The van der Waals surface area contributed by atoms with Crippen molar-refractivity contribution in [2.45, 2.75) is 19.0 Å². The molecular weight excluding hydrogens is 328 g/mol. The van der Waals surface area contributed by atoms with Crippen molar-refractivity contribution in [1.29, 1.82) is 0 Å². The minimum atomic E-state index is -1.35. The van der Waals surface area contributed by atoms with Gasteiger partial charge in [-0.2, -0.15) is 0 Å². The van der Waals surface area contributed by atoms with Gasteiger partial charge in [0.1, 0.15) is 6.54 Å². The molecule has 0 fully saturated rings. The Kier molecular flexibility index (Phi) is 6.30. The van der Waals surface area contributed by atoms with Gasteiger partial charge in [0.25, 0.3) is 5.91 Å². The largest absolute Gasteiger partial charge is 0.550 e. The van der Waals surface area contributed by atoms with Crippen molar-refractivity contribution in [2.24, 2.45) is 0 Å². The van der Waals surface area contributed by atoms with Crippen molar-refractivity contribution in [3.05, 3.63) is 54.0 Å². The molecule has 8 nitrogen and oxygen atoms in total. The zero-order valence-corrected chi connectivity index (χ0v) is 13.6. The molecule has 2 rings (SSSR count). The van der Waals surface area contributed by atoms with Crippen LogP contribution in [0.3, 0.4) is 0 Å². The van der Waals surface area contributed by atoms with Gasteiger partial charge >= 0.3 is 5.97 Å². The minimum Gasteiger partial charge on any atom is -0.550 e. The van der Waals surface area contributed by atoms with Crippen LogP contribution in [0.15, 0.2) is 47.1 Å². The number of hydrogen-bond donors (Lipinski definition) is 2. The fourth-order valence-electron chi connectivity index (χ4n) is 2.26. The molecule has 1 heterocycles. The number of carbonyl (C=O) groups excluding carboxylic acids is 3. The van der Waals surface area contributed by atoms with Crippen LogP contribution in [0.25, 0.3) is 0 Å². The van der Waals surface area contributed by atoms with Gasteiger partial charge in [0, 0.05) is 12.4 Å². The fraction of sp³-hybridized carbons (Fsp3) is 0.235. The number of amides is 1. The fourth-order valence-corrected chi connectivity index (χ4v) is 2.26. The molecule has 132 valence electrons. The van der Waals surface area contributed by atoms with Gasteiger partial charge in [-0.3, -0.25) is 4.79 Å². The van der Waals surface area contributed by atoms with Crippen molar-refractivity contribution in [2.75, 3.05) is 12.4 Å². The van der Waals surface area contributed by atoms with Gasteiger partial charge in [-0.1, -0.05) is 12.1 Å². The maximum atomic E-state index is 12.5. The Hall–Kier alpha value is -3.13. The van der Waals surface area contributed by atoms with Crippen molar-refractivity contribution in [3.8, 4) is 0 Å². The molecule has 0 radical (unpaired) electrons. The Labute approximate surface area is 143 Å². The lowest BCUT2D eigenvalue weighted by Gasteiger charge is -2.16. The number of nitrogens with one attached hydrogen (secondary N) is 1. The van der Waals surface area contributed by atoms with Crippen LogP contribution in [0.5, 0.6) is 0 Å². The molecule has 0 saturated carbocycles. The molecule has 0 bridgehead atoms. The number of para-hydroxylation sites is 1. The predicted molar refractivity (Wildman–Crippen MR) is 84.2 cm³/mol. The first-order chi connectivity index (χ1) is 12.0. The van der Waals surface area contributed by atoms with E-state index in [1.807, 2.05) is 0 Å². The Morgan fingerprint density at radius 3 is 2.64 bits per heavy atom. The van der Waals surface area contributed by atoms with Crippen LogP contribution in [0.1, 0.15) is 22.5 Å². The second-order valence-corrected chi connectivity index (χ2v) is 5.23. The highest BCUT2D eigenvalue weighted by molar-refractivity contribution is 6.02. The van der Waals surface area contributed by atoms with Crippen LogP contribution in [0, 0.1) is 0 Å². The van der Waals surface area contributed by atoms with E-state index in [-0.39, 0.29) is 17.8 Å². The quantitative estimate of drug-likeness (QED) is 0.608. The minimum absolute atomic E-state index is 0.177. The third-order valence-electron chi connectivity index (χ3n) is 3.50. The van der Waals surface area contributed by atoms with Crippen molar-refractivity contribution < 1.29 is 34.0 Å². The highest BCUT2D eigenvalue weighted by Gasteiger charge is 2.24. The summed E-state index contributed by atoms with van der Waals surface area (Å²) in [7, 11) is 1.23. The molecule has 0 spiro atoms. The van der Waals surface area contributed by atoms with Gasteiger partial charge in [0.2, 0.25) is 0 Å². The van der Waals surface area contributed by atoms with Crippen LogP contribution < -0.4 is 15.7 Å². The smallest absolute Gasteiger partial charge is 0.339 e. The predicted octanol–water partition coefficient (Wildman–Crippen LogP) is -0.723. The normalized spacial score (nSPS) is 11.6. The third-order valence-corrected chi connectivity index (χ3v) is 3.50. The van der Waals surface area contributed by atoms with Gasteiger partial charge < -0.3 is 29.7 Å². The van der Waals surface area contributed by atoms with Gasteiger partial charge in [0.05, 0.1) is 24.6 Å². The first kappa shape index (κ1) is 18.2. The molecule has 0 aliphatic carbocycles. The van der Waals surface area contributed by atoms with E-state index >= 15 is 0 Å². The molecule has 25 heavy (non-hydrogen) atoms. The number of hydrogen-bond acceptors (Lipinski definition) is 6. The summed E-state index contributed by atoms with van der Waals surface area (Å²) in [4.78, 5) is 35.1. The van der Waals surface area contributed by atoms with E-state index in [9.17, 15) is 19.5 Å². The number of ether oxygens (including phenoxy) is 1. The zero-order chi connectivity index (χ0) is 18.2. The average Bonchev–Trinajstić information content (AvgIpc) is 3.11. The molecule has 1 atom stereocenters. The zero-order valence-electron chi connectivity index (χ0n) is 13.6. The molecule has 0 saturated heterocycles. The number of carboxylic acids is 1. The van der Waals surface area contributed by atoms with Crippen LogP contribution in [0.4, 0.5) is 5.69 Å². The summed E-state index contributed by atoms with van der Waals surface area (Å²) in [5.41, 5.74) is 0.422. The Bertz CT molecular complexity index is 741. The van der Waals surface area contributed by atoms with E-state index in [0.29, 0.717) is 5.76 Å². The number of benzene rings is 1. The monoisotopic (exact) mass is 346 g/mol. The summed E-state index contributed by atoms with van der Waals surface area (Å²) in [6.07, 6.45) is 1.01. The second kappa shape index (κ2) is 8.65. The molecule has 1 aromatic carbocycles. The molecule has 8 heteroatoms. The van der Waals surface area contributed by atoms with Crippen molar-refractivity contribution in [3.63, 3.8) is 0 Å². The Morgan fingerprint density at radius 2 is 2.00 bits per heavy atom. The van der Waals surface area contributed by atoms with E-state index in [1.165, 1.54) is 30.8 Å². The number of esters is 1. The second-order valence-electron chi connectivity index (χ2n) is 5.23. The molecule has 0 aliphatic heterocycles. The number of nitrogens with two attached hydrogens (primary N) is 1. The maximum Gasteiger partial charge on any atom is 0.339 e. The topological polar surface area (TPSA) is 125 Å². The van der Waals surface area contributed by atoms with Gasteiger partial charge in [-0.15, -0.1) is 0 Å². The van der Waals surface area contributed by atoms with Crippen LogP contribution >= 0.6 is 0 Å². The number of methoxy groups -OCH3 is 1. The standard InChI is InChI=1S/C17H18N2O6/c1-24-17(23)12-6-2-3-7-13(12)19-16(22)14(9-15(20)21)18-10-11-5-4-8-25-11/h2-8,14,18H,9-10H2,1H3,(H,19,22)(H,20,21)/t14-/m0/s1. The summed E-state index contributed by atoms with van der Waals surface area (Å²) in [5.74, 6) is -1.91. The Balaban J connectivity index is 2.11. The summed E-state index contributed by atoms with van der Waals surface area (Å²) < 4.78 is 9.83. The number of furan rings is 1. The number of aliphatic carboxylic acids is 1. The highest BCUT2D eigenvalue weighted by atomic mass is 16.5. The number of quaternary nitrogens is 1. The number of anilines is 1. The molecule has 0 unspecified atom stereocenters. The van der Waals surface area contributed by atoms with Gasteiger partial charge in [0.15, 0.2) is 11.8 Å². The molecule has 2 aromatic rings. The van der Waals surface area contributed by atoms with Crippen molar-refractivity contribution in [1.82, 2.24) is 0 Å². The van der Waals surface area contributed by atoms with Crippen LogP contribution in [0.2, 0.25) is 0 Å². The number of carboxylic acid groups (broad SMARTS) is 1. The summed E-state index contributed by atoms with van der Waals surface area (Å²) in [6.45, 7) is 0.289. The molecule has 1 amide bonds. The lowest BCUT2D eigenvalue weighted by molar-refractivity contribution is -0.693. The molecule has 1 aromatic heterocycles. The number of carbonyl (C=O) groups is 3. The highest BCUT2D eigenvalue weighted by Crippen LogP contribution is 2.16. The average molecular weight is 346 g/mol. The van der Waals surface area contributed by atoms with E-state index in [1.54, 1.807) is 24.3 Å². The first-order valence-electron chi connectivity index (χ1n) is 7.55. The first-order valence-corrected chi connectivity index (χ1v) is 7.55. The van der Waals surface area contributed by atoms with Gasteiger partial charge in [-0.05, 0) is 24.3 Å².